The second-order valence-corrected chi connectivity index (χ2v) is 5.28. The van der Waals surface area contributed by atoms with Gasteiger partial charge in [0, 0.05) is 5.75 Å². The van der Waals surface area contributed by atoms with E-state index in [4.69, 9.17) is 15.2 Å². The third-order valence-corrected chi connectivity index (χ3v) is 4.10. The summed E-state index contributed by atoms with van der Waals surface area (Å²) in [5, 5.41) is 0. The number of thioether (sulfide) groups is 1. The number of primary amides is 1. The van der Waals surface area contributed by atoms with Gasteiger partial charge < -0.3 is 15.2 Å². The molecule has 1 saturated heterocycles. The molecule has 0 aromatic carbocycles. The third-order valence-electron chi connectivity index (χ3n) is 2.42. The van der Waals surface area contributed by atoms with E-state index in [1.54, 1.807) is 11.8 Å². The molecular formula is C9H17NO3S. The molecule has 82 valence electrons. The van der Waals surface area contributed by atoms with Crippen molar-refractivity contribution in [3.05, 3.63) is 0 Å². The number of ether oxygens (including phenoxy) is 2. The summed E-state index contributed by atoms with van der Waals surface area (Å²) in [4.78, 5) is 10.2. The molecule has 1 fully saturated rings. The largest absolute Gasteiger partial charge is 0.447 e. The van der Waals surface area contributed by atoms with Crippen molar-refractivity contribution in [1.29, 1.82) is 0 Å². The lowest BCUT2D eigenvalue weighted by molar-refractivity contribution is -0.0457. The molecule has 0 aromatic heterocycles. The van der Waals surface area contributed by atoms with E-state index in [2.05, 4.69) is 20.8 Å². The molecule has 1 rings (SSSR count). The molecule has 14 heavy (non-hydrogen) atoms. The Hall–Kier alpha value is -0.420. The number of amides is 1. The summed E-state index contributed by atoms with van der Waals surface area (Å²) in [6, 6.07) is 0. The van der Waals surface area contributed by atoms with Crippen LogP contribution in [0, 0.1) is 5.92 Å². The molecule has 0 unspecified atom stereocenters. The normalized spacial score (nSPS) is 32.1. The molecule has 0 aliphatic carbocycles. The molecule has 0 aromatic rings. The maximum absolute atomic E-state index is 10.4. The highest BCUT2D eigenvalue weighted by Crippen LogP contribution is 2.41. The zero-order valence-corrected chi connectivity index (χ0v) is 9.60. The van der Waals surface area contributed by atoms with Crippen LogP contribution in [0.2, 0.25) is 0 Å². The van der Waals surface area contributed by atoms with Crippen LogP contribution in [0.5, 0.6) is 0 Å². The molecule has 2 N–H and O–H groups in total. The Morgan fingerprint density at radius 2 is 2.43 bits per heavy atom. The van der Waals surface area contributed by atoms with Gasteiger partial charge in [0.2, 0.25) is 0 Å². The minimum atomic E-state index is -0.739. The van der Waals surface area contributed by atoms with Gasteiger partial charge >= 0.3 is 6.09 Å². The molecule has 2 atom stereocenters. The van der Waals surface area contributed by atoms with Crippen molar-refractivity contribution in [2.24, 2.45) is 11.7 Å². The second kappa shape index (κ2) is 4.40. The molecule has 0 bridgehead atoms. The minimum Gasteiger partial charge on any atom is -0.447 e. The molecule has 5 heteroatoms. The fourth-order valence-corrected chi connectivity index (χ4v) is 2.44. The third kappa shape index (κ3) is 2.78. The molecule has 1 aliphatic rings. The summed E-state index contributed by atoms with van der Waals surface area (Å²) >= 11 is 1.76. The van der Waals surface area contributed by atoms with Crippen molar-refractivity contribution in [2.45, 2.75) is 31.8 Å². The van der Waals surface area contributed by atoms with E-state index in [-0.39, 0.29) is 17.6 Å². The monoisotopic (exact) mass is 219 g/mol. The van der Waals surface area contributed by atoms with Gasteiger partial charge in [-0.2, -0.15) is 0 Å². The Balaban J connectivity index is 2.37. The second-order valence-electron chi connectivity index (χ2n) is 3.85. The molecular weight excluding hydrogens is 202 g/mol. The summed E-state index contributed by atoms with van der Waals surface area (Å²) in [7, 11) is 0. The first-order valence-electron chi connectivity index (χ1n) is 4.68. The van der Waals surface area contributed by atoms with Crippen LogP contribution in [0.3, 0.4) is 0 Å². The van der Waals surface area contributed by atoms with Gasteiger partial charge in [0.1, 0.15) is 17.6 Å². The molecule has 1 amide bonds. The molecule has 1 heterocycles. The average molecular weight is 219 g/mol. The number of carbonyl (C=O) groups is 1. The van der Waals surface area contributed by atoms with Crippen LogP contribution in [0.25, 0.3) is 0 Å². The van der Waals surface area contributed by atoms with Gasteiger partial charge in [-0.3, -0.25) is 0 Å². The van der Waals surface area contributed by atoms with Gasteiger partial charge in [0.15, 0.2) is 0 Å². The number of hydrogen-bond donors (Lipinski definition) is 1. The van der Waals surface area contributed by atoms with Gasteiger partial charge in [-0.15, -0.1) is 11.8 Å². The van der Waals surface area contributed by atoms with E-state index in [9.17, 15) is 4.79 Å². The van der Waals surface area contributed by atoms with Gasteiger partial charge in [-0.05, 0) is 12.8 Å². The van der Waals surface area contributed by atoms with Gasteiger partial charge in [0.05, 0.1) is 0 Å². The number of rotatable bonds is 3. The van der Waals surface area contributed by atoms with E-state index in [0.29, 0.717) is 5.92 Å². The molecule has 4 nitrogen and oxygen atoms in total. The maximum atomic E-state index is 10.4. The standard InChI is InChI=1S/C9H17NO3S/c1-6(2)9(3)13-7(5-14-9)4-12-8(10)11/h6-7H,4-5H2,1-3H3,(H2,10,11)/t7-,9-/m0/s1. The quantitative estimate of drug-likeness (QED) is 0.783. The van der Waals surface area contributed by atoms with Crippen molar-refractivity contribution in [3.63, 3.8) is 0 Å². The van der Waals surface area contributed by atoms with Crippen LogP contribution in [-0.2, 0) is 9.47 Å². The van der Waals surface area contributed by atoms with Gasteiger partial charge in [0.25, 0.3) is 0 Å². The van der Waals surface area contributed by atoms with Gasteiger partial charge in [-0.25, -0.2) is 4.79 Å². The number of nitrogens with two attached hydrogens (primary N) is 1. The Bertz CT molecular complexity index is 222. The van der Waals surface area contributed by atoms with Crippen molar-refractivity contribution in [3.8, 4) is 0 Å². The highest BCUT2D eigenvalue weighted by Gasteiger charge is 2.39. The SMILES string of the molecule is CC(C)[C@@]1(C)O[C@@H](COC(N)=O)CS1. The topological polar surface area (TPSA) is 61.6 Å². The van der Waals surface area contributed by atoms with Crippen molar-refractivity contribution in [2.75, 3.05) is 12.4 Å². The fourth-order valence-electron chi connectivity index (χ4n) is 1.22. The summed E-state index contributed by atoms with van der Waals surface area (Å²) in [6.07, 6.45) is -0.767. The Labute approximate surface area is 88.5 Å². The van der Waals surface area contributed by atoms with E-state index in [1.807, 2.05) is 0 Å². The summed E-state index contributed by atoms with van der Waals surface area (Å²) in [5.41, 5.74) is 4.87. The molecule has 0 spiro atoms. The van der Waals surface area contributed by atoms with Crippen molar-refractivity contribution in [1.82, 2.24) is 0 Å². The van der Waals surface area contributed by atoms with E-state index >= 15 is 0 Å². The lowest BCUT2D eigenvalue weighted by Gasteiger charge is -2.27. The van der Waals surface area contributed by atoms with E-state index in [1.165, 1.54) is 0 Å². The zero-order valence-electron chi connectivity index (χ0n) is 8.78. The summed E-state index contributed by atoms with van der Waals surface area (Å²) < 4.78 is 10.5. The lowest BCUT2D eigenvalue weighted by Crippen LogP contribution is -2.31. The summed E-state index contributed by atoms with van der Waals surface area (Å²) in [6.45, 7) is 6.55. The first-order chi connectivity index (χ1) is 6.44. The van der Waals surface area contributed by atoms with Crippen LogP contribution in [0.4, 0.5) is 4.79 Å². The highest BCUT2D eigenvalue weighted by molar-refractivity contribution is 8.00. The minimum absolute atomic E-state index is 0.0279. The molecule has 1 aliphatic heterocycles. The van der Waals surface area contributed by atoms with Crippen LogP contribution in [0.1, 0.15) is 20.8 Å². The van der Waals surface area contributed by atoms with Crippen LogP contribution < -0.4 is 5.73 Å². The molecule has 0 radical (unpaired) electrons. The fraction of sp³-hybridized carbons (Fsp3) is 0.889. The first-order valence-corrected chi connectivity index (χ1v) is 5.66. The van der Waals surface area contributed by atoms with Crippen LogP contribution in [0.15, 0.2) is 0 Å². The first kappa shape index (κ1) is 11.7. The number of carbonyl (C=O) groups excluding carboxylic acids is 1. The Morgan fingerprint density at radius 3 is 2.86 bits per heavy atom. The maximum Gasteiger partial charge on any atom is 0.404 e. The Kier molecular flexibility index (Phi) is 3.66. The zero-order chi connectivity index (χ0) is 10.8. The number of hydrogen-bond acceptors (Lipinski definition) is 4. The highest BCUT2D eigenvalue weighted by atomic mass is 32.2. The van der Waals surface area contributed by atoms with Crippen LogP contribution >= 0.6 is 11.8 Å². The summed E-state index contributed by atoms with van der Waals surface area (Å²) in [5.74, 6) is 1.29. The average Bonchev–Trinajstić information content (AvgIpc) is 2.45. The van der Waals surface area contributed by atoms with Crippen LogP contribution in [-0.4, -0.2) is 29.5 Å². The van der Waals surface area contributed by atoms with Gasteiger partial charge in [-0.1, -0.05) is 13.8 Å². The lowest BCUT2D eigenvalue weighted by atomic mass is 10.1. The van der Waals surface area contributed by atoms with Crippen molar-refractivity contribution < 1.29 is 14.3 Å². The van der Waals surface area contributed by atoms with E-state index < -0.39 is 6.09 Å². The Morgan fingerprint density at radius 1 is 1.79 bits per heavy atom. The predicted molar refractivity (Wildman–Crippen MR) is 56.1 cm³/mol. The van der Waals surface area contributed by atoms with Crippen molar-refractivity contribution >= 4 is 17.9 Å². The smallest absolute Gasteiger partial charge is 0.404 e. The van der Waals surface area contributed by atoms with E-state index in [0.717, 1.165) is 5.75 Å². The molecule has 0 saturated carbocycles. The predicted octanol–water partition coefficient (Wildman–Crippen LogP) is 1.59.